The zero-order chi connectivity index (χ0) is 16.5. The molecule has 0 aliphatic heterocycles. The molecular formula is C18H34O3. The molecule has 3 heteroatoms. The standard InChI is InChI=1S/C18H34O3/c1-13(15(19)21-17(5,6)7)18(20)11-8-9-14(10-12-18)16(2,3)4/h13-14,20H,8-12H2,1-7H3. The van der Waals surface area contributed by atoms with Crippen molar-refractivity contribution >= 4 is 5.97 Å². The number of ether oxygens (including phenoxy) is 1. The molecule has 1 N–H and O–H groups in total. The summed E-state index contributed by atoms with van der Waals surface area (Å²) in [4.78, 5) is 12.3. The second kappa shape index (κ2) is 6.28. The molecule has 0 saturated heterocycles. The van der Waals surface area contributed by atoms with E-state index in [2.05, 4.69) is 20.8 Å². The van der Waals surface area contributed by atoms with Crippen molar-refractivity contribution in [1.82, 2.24) is 0 Å². The van der Waals surface area contributed by atoms with Gasteiger partial charge in [-0.3, -0.25) is 4.79 Å². The van der Waals surface area contributed by atoms with Gasteiger partial charge >= 0.3 is 5.97 Å². The molecule has 0 bridgehead atoms. The summed E-state index contributed by atoms with van der Waals surface area (Å²) in [6.07, 6.45) is 4.47. The number of carbonyl (C=O) groups excluding carboxylic acids is 1. The van der Waals surface area contributed by atoms with Gasteiger partial charge in [0.05, 0.1) is 11.5 Å². The second-order valence-electron chi connectivity index (χ2n) is 8.85. The van der Waals surface area contributed by atoms with Gasteiger partial charge in [0.1, 0.15) is 5.60 Å². The summed E-state index contributed by atoms with van der Waals surface area (Å²) in [6.45, 7) is 14.2. The van der Waals surface area contributed by atoms with Gasteiger partial charge in [-0.25, -0.2) is 0 Å². The van der Waals surface area contributed by atoms with Gasteiger partial charge in [0.15, 0.2) is 0 Å². The Morgan fingerprint density at radius 3 is 2.19 bits per heavy atom. The molecule has 0 aromatic carbocycles. The molecular weight excluding hydrogens is 264 g/mol. The second-order valence-corrected chi connectivity index (χ2v) is 8.85. The fourth-order valence-corrected chi connectivity index (χ4v) is 3.26. The lowest BCUT2D eigenvalue weighted by Crippen LogP contribution is -2.43. The fraction of sp³-hybridized carbons (Fsp3) is 0.944. The Balaban J connectivity index is 2.75. The highest BCUT2D eigenvalue weighted by atomic mass is 16.6. The van der Waals surface area contributed by atoms with E-state index in [4.69, 9.17) is 4.74 Å². The summed E-state index contributed by atoms with van der Waals surface area (Å²) in [7, 11) is 0. The van der Waals surface area contributed by atoms with Crippen molar-refractivity contribution < 1.29 is 14.6 Å². The van der Waals surface area contributed by atoms with Crippen molar-refractivity contribution in [3.8, 4) is 0 Å². The zero-order valence-electron chi connectivity index (χ0n) is 15.0. The van der Waals surface area contributed by atoms with Crippen LogP contribution in [0.2, 0.25) is 0 Å². The number of rotatable bonds is 2. The summed E-state index contributed by atoms with van der Waals surface area (Å²) >= 11 is 0. The Labute approximate surface area is 130 Å². The Hall–Kier alpha value is -0.570. The van der Waals surface area contributed by atoms with Crippen LogP contribution >= 0.6 is 0 Å². The normalized spacial score (nSPS) is 29.6. The van der Waals surface area contributed by atoms with Gasteiger partial charge in [0.25, 0.3) is 0 Å². The van der Waals surface area contributed by atoms with Crippen molar-refractivity contribution in [2.24, 2.45) is 17.3 Å². The maximum atomic E-state index is 12.3. The van der Waals surface area contributed by atoms with Gasteiger partial charge in [-0.2, -0.15) is 0 Å². The van der Waals surface area contributed by atoms with Crippen LogP contribution in [0.5, 0.6) is 0 Å². The van der Waals surface area contributed by atoms with Crippen molar-refractivity contribution in [2.75, 3.05) is 0 Å². The van der Waals surface area contributed by atoms with Crippen molar-refractivity contribution in [2.45, 2.75) is 91.8 Å². The van der Waals surface area contributed by atoms with E-state index >= 15 is 0 Å². The molecule has 1 aliphatic rings. The minimum Gasteiger partial charge on any atom is -0.460 e. The average Bonchev–Trinajstić information content (AvgIpc) is 2.48. The van der Waals surface area contributed by atoms with Crippen molar-refractivity contribution in [1.29, 1.82) is 0 Å². The summed E-state index contributed by atoms with van der Waals surface area (Å²) in [5.74, 6) is -0.132. The van der Waals surface area contributed by atoms with Crippen LogP contribution < -0.4 is 0 Å². The van der Waals surface area contributed by atoms with E-state index in [9.17, 15) is 9.90 Å². The number of aliphatic hydroxyl groups is 1. The van der Waals surface area contributed by atoms with E-state index in [-0.39, 0.29) is 11.4 Å². The molecule has 0 aromatic heterocycles. The van der Waals surface area contributed by atoms with E-state index in [1.54, 1.807) is 0 Å². The largest absolute Gasteiger partial charge is 0.460 e. The number of hydrogen-bond acceptors (Lipinski definition) is 3. The van der Waals surface area contributed by atoms with Gasteiger partial charge in [0, 0.05) is 0 Å². The number of esters is 1. The predicted molar refractivity (Wildman–Crippen MR) is 86.0 cm³/mol. The Morgan fingerprint density at radius 2 is 1.71 bits per heavy atom. The molecule has 1 fully saturated rings. The highest BCUT2D eigenvalue weighted by Gasteiger charge is 2.42. The summed E-state index contributed by atoms with van der Waals surface area (Å²) < 4.78 is 5.45. The van der Waals surface area contributed by atoms with E-state index < -0.39 is 17.1 Å². The monoisotopic (exact) mass is 298 g/mol. The lowest BCUT2D eigenvalue weighted by atomic mass is 9.75. The third-order valence-electron chi connectivity index (χ3n) is 4.88. The zero-order valence-corrected chi connectivity index (χ0v) is 15.0. The fourth-order valence-electron chi connectivity index (χ4n) is 3.26. The summed E-state index contributed by atoms with van der Waals surface area (Å²) in [6, 6.07) is 0. The molecule has 0 aromatic rings. The molecule has 0 amide bonds. The lowest BCUT2D eigenvalue weighted by molar-refractivity contribution is -0.169. The van der Waals surface area contributed by atoms with Crippen molar-refractivity contribution in [3.05, 3.63) is 0 Å². The molecule has 0 radical (unpaired) electrons. The maximum absolute atomic E-state index is 12.3. The van der Waals surface area contributed by atoms with Crippen LogP contribution in [0.4, 0.5) is 0 Å². The Bertz CT molecular complexity index is 362. The quantitative estimate of drug-likeness (QED) is 0.610. The molecule has 0 spiro atoms. The van der Waals surface area contributed by atoms with Gasteiger partial charge in [-0.05, 0) is 64.7 Å². The predicted octanol–water partition coefficient (Wildman–Crippen LogP) is 4.32. The first-order valence-electron chi connectivity index (χ1n) is 8.30. The topological polar surface area (TPSA) is 46.5 Å². The van der Waals surface area contributed by atoms with Gasteiger partial charge in [0.2, 0.25) is 0 Å². The highest BCUT2D eigenvalue weighted by molar-refractivity contribution is 5.73. The molecule has 21 heavy (non-hydrogen) atoms. The van der Waals surface area contributed by atoms with Crippen LogP contribution in [-0.4, -0.2) is 22.3 Å². The van der Waals surface area contributed by atoms with Crippen molar-refractivity contribution in [3.63, 3.8) is 0 Å². The molecule has 0 heterocycles. The molecule has 3 nitrogen and oxygen atoms in total. The average molecular weight is 298 g/mol. The molecule has 124 valence electrons. The molecule has 1 saturated carbocycles. The van der Waals surface area contributed by atoms with Crippen LogP contribution in [0.25, 0.3) is 0 Å². The first-order chi connectivity index (χ1) is 9.35. The van der Waals surface area contributed by atoms with Crippen LogP contribution in [-0.2, 0) is 9.53 Å². The van der Waals surface area contributed by atoms with Gasteiger partial charge in [-0.1, -0.05) is 27.2 Å². The number of carbonyl (C=O) groups is 1. The van der Waals surface area contributed by atoms with Gasteiger partial charge < -0.3 is 9.84 Å². The highest BCUT2D eigenvalue weighted by Crippen LogP contribution is 2.42. The van der Waals surface area contributed by atoms with Crippen LogP contribution in [0, 0.1) is 17.3 Å². The molecule has 3 unspecified atom stereocenters. The minimum absolute atomic E-state index is 0.264. The van der Waals surface area contributed by atoms with Gasteiger partial charge in [-0.15, -0.1) is 0 Å². The SMILES string of the molecule is CC(C(=O)OC(C)(C)C)C1(O)CCCC(C(C)(C)C)CC1. The summed E-state index contributed by atoms with van der Waals surface area (Å²) in [5.41, 5.74) is -1.15. The Morgan fingerprint density at radius 1 is 1.14 bits per heavy atom. The first kappa shape index (κ1) is 18.5. The maximum Gasteiger partial charge on any atom is 0.312 e. The minimum atomic E-state index is -0.914. The van der Waals surface area contributed by atoms with Crippen LogP contribution in [0.1, 0.15) is 80.6 Å². The smallest absolute Gasteiger partial charge is 0.312 e. The van der Waals surface area contributed by atoms with E-state index in [1.165, 1.54) is 0 Å². The van der Waals surface area contributed by atoms with Crippen LogP contribution in [0.3, 0.4) is 0 Å². The summed E-state index contributed by atoms with van der Waals surface area (Å²) in [5, 5.41) is 11.0. The third kappa shape index (κ3) is 5.28. The molecule has 1 aliphatic carbocycles. The number of hydrogen-bond donors (Lipinski definition) is 1. The lowest BCUT2D eigenvalue weighted by Gasteiger charge is -2.34. The van der Waals surface area contributed by atoms with E-state index in [0.717, 1.165) is 19.3 Å². The van der Waals surface area contributed by atoms with E-state index in [0.29, 0.717) is 18.8 Å². The van der Waals surface area contributed by atoms with E-state index in [1.807, 2.05) is 27.7 Å². The Kier molecular flexibility index (Phi) is 5.52. The molecule has 1 rings (SSSR count). The third-order valence-corrected chi connectivity index (χ3v) is 4.88. The molecule has 3 atom stereocenters. The van der Waals surface area contributed by atoms with Crippen LogP contribution in [0.15, 0.2) is 0 Å². The first-order valence-corrected chi connectivity index (χ1v) is 8.30.